The summed E-state index contributed by atoms with van der Waals surface area (Å²) in [7, 11) is 0. The van der Waals surface area contributed by atoms with E-state index in [1.165, 1.54) is 0 Å². The Morgan fingerprint density at radius 2 is 2.25 bits per heavy atom. The van der Waals surface area contributed by atoms with Gasteiger partial charge in [-0.3, -0.25) is 9.78 Å². The van der Waals surface area contributed by atoms with E-state index in [1.807, 2.05) is 12.1 Å². The average molecular weight is 291 g/mol. The average Bonchev–Trinajstić information content (AvgIpc) is 2.46. The Morgan fingerprint density at radius 3 is 2.95 bits per heavy atom. The standard InChI is InChI=1S/C15H15ClN2O2/c1-11(20-14-6-2-5-13(16)8-14)15(19)18-10-12-4-3-7-17-9-12/h2-9,11H,10H2,1H3,(H,18,19). The third-order valence-corrected chi connectivity index (χ3v) is 2.90. The van der Waals surface area contributed by atoms with Crippen LogP contribution in [0.1, 0.15) is 12.5 Å². The first-order valence-electron chi connectivity index (χ1n) is 6.24. The van der Waals surface area contributed by atoms with Crippen molar-refractivity contribution in [1.82, 2.24) is 10.3 Å². The molecule has 1 N–H and O–H groups in total. The molecule has 0 bridgehead atoms. The van der Waals surface area contributed by atoms with Crippen LogP contribution in [0.4, 0.5) is 0 Å². The van der Waals surface area contributed by atoms with Crippen LogP contribution in [0.5, 0.6) is 5.75 Å². The Morgan fingerprint density at radius 1 is 1.40 bits per heavy atom. The number of hydrogen-bond donors (Lipinski definition) is 1. The van der Waals surface area contributed by atoms with Crippen LogP contribution < -0.4 is 10.1 Å². The van der Waals surface area contributed by atoms with E-state index in [-0.39, 0.29) is 5.91 Å². The van der Waals surface area contributed by atoms with Crippen LogP contribution in [0.3, 0.4) is 0 Å². The molecule has 1 amide bonds. The molecule has 1 aromatic heterocycles. The Hall–Kier alpha value is -2.07. The van der Waals surface area contributed by atoms with E-state index in [9.17, 15) is 4.79 Å². The Labute approximate surface area is 122 Å². The molecular weight excluding hydrogens is 276 g/mol. The van der Waals surface area contributed by atoms with Gasteiger partial charge in [-0.15, -0.1) is 0 Å². The largest absolute Gasteiger partial charge is 0.481 e. The number of nitrogens with zero attached hydrogens (tertiary/aromatic N) is 1. The third kappa shape index (κ3) is 4.24. The number of amides is 1. The van der Waals surface area contributed by atoms with E-state index < -0.39 is 6.10 Å². The summed E-state index contributed by atoms with van der Waals surface area (Å²) >= 11 is 5.86. The number of halogens is 1. The van der Waals surface area contributed by atoms with Gasteiger partial charge in [-0.2, -0.15) is 0 Å². The molecule has 0 fully saturated rings. The van der Waals surface area contributed by atoms with Gasteiger partial charge in [0.25, 0.3) is 5.91 Å². The van der Waals surface area contributed by atoms with E-state index in [4.69, 9.17) is 16.3 Å². The Bertz CT molecular complexity index is 575. The molecule has 0 saturated carbocycles. The molecular formula is C15H15ClN2O2. The second-order valence-electron chi connectivity index (χ2n) is 4.30. The molecule has 0 radical (unpaired) electrons. The van der Waals surface area contributed by atoms with Gasteiger partial charge in [-0.1, -0.05) is 23.7 Å². The maximum absolute atomic E-state index is 11.9. The highest BCUT2D eigenvalue weighted by Gasteiger charge is 2.14. The molecule has 0 saturated heterocycles. The molecule has 0 spiro atoms. The number of aromatic nitrogens is 1. The molecule has 1 aromatic carbocycles. The van der Waals surface area contributed by atoms with Crippen molar-refractivity contribution in [3.63, 3.8) is 0 Å². The molecule has 20 heavy (non-hydrogen) atoms. The van der Waals surface area contributed by atoms with Crippen LogP contribution in [-0.4, -0.2) is 17.0 Å². The Kier molecular flexibility index (Phi) is 4.96. The number of carbonyl (C=O) groups is 1. The summed E-state index contributed by atoms with van der Waals surface area (Å²) in [6.07, 6.45) is 2.81. The minimum Gasteiger partial charge on any atom is -0.481 e. The molecule has 1 heterocycles. The highest BCUT2D eigenvalue weighted by atomic mass is 35.5. The molecule has 2 aromatic rings. The van der Waals surface area contributed by atoms with Gasteiger partial charge < -0.3 is 10.1 Å². The summed E-state index contributed by atoms with van der Waals surface area (Å²) in [6.45, 7) is 2.12. The van der Waals surface area contributed by atoms with Crippen LogP contribution in [0.15, 0.2) is 48.8 Å². The van der Waals surface area contributed by atoms with Gasteiger partial charge in [0.05, 0.1) is 0 Å². The molecule has 1 atom stereocenters. The number of carbonyl (C=O) groups excluding carboxylic acids is 1. The molecule has 1 unspecified atom stereocenters. The van der Waals surface area contributed by atoms with Gasteiger partial charge in [0.15, 0.2) is 6.10 Å². The summed E-state index contributed by atoms with van der Waals surface area (Å²) in [6, 6.07) is 10.7. The maximum atomic E-state index is 11.9. The van der Waals surface area contributed by atoms with Gasteiger partial charge in [0.1, 0.15) is 5.75 Å². The normalized spacial score (nSPS) is 11.7. The quantitative estimate of drug-likeness (QED) is 0.921. The lowest BCUT2D eigenvalue weighted by Crippen LogP contribution is -2.35. The first kappa shape index (κ1) is 14.3. The highest BCUT2D eigenvalue weighted by Crippen LogP contribution is 2.18. The number of nitrogens with one attached hydrogen (secondary N) is 1. The van der Waals surface area contributed by atoms with Crippen molar-refractivity contribution >= 4 is 17.5 Å². The van der Waals surface area contributed by atoms with Gasteiger partial charge >= 0.3 is 0 Å². The van der Waals surface area contributed by atoms with Gasteiger partial charge in [0.2, 0.25) is 0 Å². The monoisotopic (exact) mass is 290 g/mol. The summed E-state index contributed by atoms with van der Waals surface area (Å²) in [5.74, 6) is 0.385. The zero-order valence-electron chi connectivity index (χ0n) is 11.0. The van der Waals surface area contributed by atoms with Crippen LogP contribution in [0.25, 0.3) is 0 Å². The predicted octanol–water partition coefficient (Wildman–Crippen LogP) is 2.82. The molecule has 4 nitrogen and oxygen atoms in total. The van der Waals surface area contributed by atoms with Gasteiger partial charge in [-0.05, 0) is 36.8 Å². The topological polar surface area (TPSA) is 51.2 Å². The lowest BCUT2D eigenvalue weighted by Gasteiger charge is -2.14. The summed E-state index contributed by atoms with van der Waals surface area (Å²) in [4.78, 5) is 15.9. The first-order chi connectivity index (χ1) is 9.65. The number of rotatable bonds is 5. The van der Waals surface area contributed by atoms with Gasteiger partial charge in [-0.25, -0.2) is 0 Å². The van der Waals surface area contributed by atoms with Crippen molar-refractivity contribution in [1.29, 1.82) is 0 Å². The lowest BCUT2D eigenvalue weighted by atomic mass is 10.2. The fraction of sp³-hybridized carbons (Fsp3) is 0.200. The van der Waals surface area contributed by atoms with Gasteiger partial charge in [0, 0.05) is 24.0 Å². The number of ether oxygens (including phenoxy) is 1. The predicted molar refractivity (Wildman–Crippen MR) is 77.6 cm³/mol. The number of pyridine rings is 1. The van der Waals surface area contributed by atoms with Crippen LogP contribution >= 0.6 is 11.6 Å². The smallest absolute Gasteiger partial charge is 0.261 e. The fourth-order valence-corrected chi connectivity index (χ4v) is 1.81. The van der Waals surface area contributed by atoms with Crippen LogP contribution in [0, 0.1) is 0 Å². The first-order valence-corrected chi connectivity index (χ1v) is 6.62. The van der Waals surface area contributed by atoms with E-state index in [0.29, 0.717) is 17.3 Å². The molecule has 2 rings (SSSR count). The minimum absolute atomic E-state index is 0.186. The van der Waals surface area contributed by atoms with Crippen molar-refractivity contribution in [2.24, 2.45) is 0 Å². The van der Waals surface area contributed by atoms with Crippen molar-refractivity contribution < 1.29 is 9.53 Å². The number of benzene rings is 1. The lowest BCUT2D eigenvalue weighted by molar-refractivity contribution is -0.127. The van der Waals surface area contributed by atoms with E-state index >= 15 is 0 Å². The van der Waals surface area contributed by atoms with Crippen molar-refractivity contribution in [2.75, 3.05) is 0 Å². The summed E-state index contributed by atoms with van der Waals surface area (Å²) < 4.78 is 5.53. The van der Waals surface area contributed by atoms with Crippen LogP contribution in [0.2, 0.25) is 5.02 Å². The second-order valence-corrected chi connectivity index (χ2v) is 4.73. The molecule has 5 heteroatoms. The third-order valence-electron chi connectivity index (χ3n) is 2.67. The zero-order valence-corrected chi connectivity index (χ0v) is 11.8. The molecule has 0 aliphatic carbocycles. The second kappa shape index (κ2) is 6.91. The molecule has 0 aliphatic rings. The van der Waals surface area contributed by atoms with E-state index in [1.54, 1.807) is 43.6 Å². The molecule has 104 valence electrons. The van der Waals surface area contributed by atoms with E-state index in [0.717, 1.165) is 5.56 Å². The fourth-order valence-electron chi connectivity index (χ4n) is 1.63. The van der Waals surface area contributed by atoms with E-state index in [2.05, 4.69) is 10.3 Å². The van der Waals surface area contributed by atoms with Crippen LogP contribution in [-0.2, 0) is 11.3 Å². The Balaban J connectivity index is 1.86. The minimum atomic E-state index is -0.592. The highest BCUT2D eigenvalue weighted by molar-refractivity contribution is 6.30. The van der Waals surface area contributed by atoms with Crippen molar-refractivity contribution in [3.05, 3.63) is 59.4 Å². The number of hydrogen-bond acceptors (Lipinski definition) is 3. The zero-order chi connectivity index (χ0) is 14.4. The maximum Gasteiger partial charge on any atom is 0.261 e. The summed E-state index contributed by atoms with van der Waals surface area (Å²) in [5.41, 5.74) is 0.941. The summed E-state index contributed by atoms with van der Waals surface area (Å²) in [5, 5.41) is 3.37. The molecule has 0 aliphatic heterocycles. The van der Waals surface area contributed by atoms with Crippen molar-refractivity contribution in [3.8, 4) is 5.75 Å². The van der Waals surface area contributed by atoms with Crippen molar-refractivity contribution in [2.45, 2.75) is 19.6 Å². The SMILES string of the molecule is CC(Oc1cccc(Cl)c1)C(=O)NCc1cccnc1.